The van der Waals surface area contributed by atoms with Gasteiger partial charge in [0.05, 0.1) is 5.92 Å². The summed E-state index contributed by atoms with van der Waals surface area (Å²) in [4.78, 5) is 38.0. The van der Waals surface area contributed by atoms with Crippen molar-refractivity contribution in [2.24, 2.45) is 17.8 Å². The Kier molecular flexibility index (Phi) is 7.21. The van der Waals surface area contributed by atoms with Crippen molar-refractivity contribution in [3.8, 4) is 0 Å². The Bertz CT molecular complexity index is 648. The van der Waals surface area contributed by atoms with Gasteiger partial charge in [-0.3, -0.25) is 14.4 Å². The number of rotatable bonds is 7. The van der Waals surface area contributed by atoms with Gasteiger partial charge in [-0.15, -0.1) is 0 Å². The van der Waals surface area contributed by atoms with Gasteiger partial charge < -0.3 is 10.0 Å². The topological polar surface area (TPSA) is 74.7 Å². The summed E-state index contributed by atoms with van der Waals surface area (Å²) >= 11 is 5.85. The smallest absolute Gasteiger partial charge is 0.307 e. The van der Waals surface area contributed by atoms with Gasteiger partial charge in [-0.05, 0) is 49.4 Å². The van der Waals surface area contributed by atoms with Crippen LogP contribution in [0.1, 0.15) is 49.9 Å². The Labute approximate surface area is 159 Å². The predicted molar refractivity (Wildman–Crippen MR) is 100 cm³/mol. The minimum Gasteiger partial charge on any atom is -0.481 e. The number of amides is 1. The molecule has 0 aliphatic carbocycles. The standard InChI is InChI=1S/C20H26ClNO4/c1-13(2)11-16(20(25)26)12-18(23)22-9-7-15(8-10-22)19(24)14-3-5-17(21)6-4-14/h3-6,13,15-16H,7-12H2,1-2H3,(H,25,26). The maximum Gasteiger partial charge on any atom is 0.307 e. The molecule has 5 nitrogen and oxygen atoms in total. The van der Waals surface area contributed by atoms with Gasteiger partial charge in [0.1, 0.15) is 0 Å². The molecule has 1 aliphatic heterocycles. The van der Waals surface area contributed by atoms with Crippen LogP contribution in [0.4, 0.5) is 0 Å². The van der Waals surface area contributed by atoms with Crippen LogP contribution in [-0.4, -0.2) is 40.8 Å². The molecule has 0 aromatic heterocycles. The van der Waals surface area contributed by atoms with E-state index < -0.39 is 11.9 Å². The molecule has 1 amide bonds. The number of carboxylic acid groups (broad SMARTS) is 1. The monoisotopic (exact) mass is 379 g/mol. The van der Waals surface area contributed by atoms with Gasteiger partial charge in [-0.2, -0.15) is 0 Å². The Balaban J connectivity index is 1.88. The lowest BCUT2D eigenvalue weighted by Crippen LogP contribution is -2.41. The van der Waals surface area contributed by atoms with Crippen LogP contribution in [0.3, 0.4) is 0 Å². The first kappa shape index (κ1) is 20.4. The maximum atomic E-state index is 12.6. The van der Waals surface area contributed by atoms with E-state index in [1.165, 1.54) is 0 Å². The second-order valence-electron chi connectivity index (χ2n) is 7.40. The Morgan fingerprint density at radius 2 is 1.73 bits per heavy atom. The minimum absolute atomic E-state index is 0.0311. The molecule has 1 aromatic carbocycles. The first-order chi connectivity index (χ1) is 12.3. The average Bonchev–Trinajstić information content (AvgIpc) is 2.61. The molecule has 6 heteroatoms. The van der Waals surface area contributed by atoms with Crippen molar-refractivity contribution in [2.75, 3.05) is 13.1 Å². The number of carboxylic acids is 1. The maximum absolute atomic E-state index is 12.6. The van der Waals surface area contributed by atoms with Crippen molar-refractivity contribution in [2.45, 2.75) is 39.5 Å². The molecule has 0 saturated carbocycles. The van der Waals surface area contributed by atoms with Crippen LogP contribution in [0, 0.1) is 17.8 Å². The van der Waals surface area contributed by atoms with Gasteiger partial charge in [0.2, 0.25) is 5.91 Å². The van der Waals surface area contributed by atoms with Crippen LogP contribution < -0.4 is 0 Å². The minimum atomic E-state index is -0.917. The summed E-state index contributed by atoms with van der Waals surface area (Å²) in [7, 11) is 0. The molecule has 1 aliphatic rings. The van der Waals surface area contributed by atoms with Crippen molar-refractivity contribution in [1.82, 2.24) is 4.90 Å². The number of Topliss-reactive ketones (excluding diaryl/α,β-unsaturated/α-hetero) is 1. The average molecular weight is 380 g/mol. The first-order valence-corrected chi connectivity index (χ1v) is 9.46. The number of aliphatic carboxylic acids is 1. The van der Waals surface area contributed by atoms with E-state index in [0.717, 1.165) is 0 Å². The molecule has 1 heterocycles. The van der Waals surface area contributed by atoms with E-state index in [1.807, 2.05) is 13.8 Å². The molecule has 1 atom stereocenters. The molecule has 0 bridgehead atoms. The molecule has 142 valence electrons. The number of nitrogens with zero attached hydrogens (tertiary/aromatic N) is 1. The van der Waals surface area contributed by atoms with Crippen LogP contribution in [0.2, 0.25) is 5.02 Å². The van der Waals surface area contributed by atoms with Crippen molar-refractivity contribution in [1.29, 1.82) is 0 Å². The summed E-state index contributed by atoms with van der Waals surface area (Å²) in [5.74, 6) is -1.49. The number of hydrogen-bond donors (Lipinski definition) is 1. The number of benzene rings is 1. The van der Waals surface area contributed by atoms with E-state index in [-0.39, 0.29) is 29.9 Å². The third-order valence-corrected chi connectivity index (χ3v) is 5.13. The second kappa shape index (κ2) is 9.17. The number of ketones is 1. The quantitative estimate of drug-likeness (QED) is 0.729. The molecule has 2 rings (SSSR count). The van der Waals surface area contributed by atoms with Gasteiger partial charge in [-0.1, -0.05) is 25.4 Å². The molecule has 26 heavy (non-hydrogen) atoms. The highest BCUT2D eigenvalue weighted by atomic mass is 35.5. The Morgan fingerprint density at radius 1 is 1.15 bits per heavy atom. The van der Waals surface area contributed by atoms with E-state index >= 15 is 0 Å². The molecule has 1 unspecified atom stereocenters. The van der Waals surface area contributed by atoms with Crippen LogP contribution in [0.5, 0.6) is 0 Å². The largest absolute Gasteiger partial charge is 0.481 e. The van der Waals surface area contributed by atoms with E-state index in [0.29, 0.717) is 42.9 Å². The highest BCUT2D eigenvalue weighted by Gasteiger charge is 2.30. The summed E-state index contributed by atoms with van der Waals surface area (Å²) in [5.41, 5.74) is 0.641. The third kappa shape index (κ3) is 5.56. The second-order valence-corrected chi connectivity index (χ2v) is 7.83. The zero-order chi connectivity index (χ0) is 19.3. The van der Waals surface area contributed by atoms with Gasteiger partial charge in [-0.25, -0.2) is 0 Å². The van der Waals surface area contributed by atoms with Gasteiger partial charge in [0, 0.05) is 36.0 Å². The molecular formula is C20H26ClNO4. The number of carbonyl (C=O) groups is 3. The number of likely N-dealkylation sites (tertiary alicyclic amines) is 1. The Morgan fingerprint density at radius 3 is 2.23 bits per heavy atom. The molecule has 1 N–H and O–H groups in total. The normalized spacial score (nSPS) is 16.5. The van der Waals surface area contributed by atoms with Crippen LogP contribution >= 0.6 is 11.6 Å². The van der Waals surface area contributed by atoms with Gasteiger partial charge >= 0.3 is 5.97 Å². The van der Waals surface area contributed by atoms with E-state index in [2.05, 4.69) is 0 Å². The molecule has 1 aromatic rings. The van der Waals surface area contributed by atoms with Crippen molar-refractivity contribution < 1.29 is 19.5 Å². The fraction of sp³-hybridized carbons (Fsp3) is 0.550. The zero-order valence-electron chi connectivity index (χ0n) is 15.3. The lowest BCUT2D eigenvalue weighted by atomic mass is 9.88. The third-order valence-electron chi connectivity index (χ3n) is 4.87. The number of hydrogen-bond acceptors (Lipinski definition) is 3. The molecular weight excluding hydrogens is 354 g/mol. The number of halogens is 1. The summed E-state index contributed by atoms with van der Waals surface area (Å²) in [6.07, 6.45) is 1.74. The molecule has 0 spiro atoms. The summed E-state index contributed by atoms with van der Waals surface area (Å²) in [6.45, 7) is 4.90. The lowest BCUT2D eigenvalue weighted by molar-refractivity contribution is -0.146. The van der Waals surface area contributed by atoms with Crippen LogP contribution in [0.25, 0.3) is 0 Å². The van der Waals surface area contributed by atoms with E-state index in [1.54, 1.807) is 29.2 Å². The van der Waals surface area contributed by atoms with Crippen molar-refractivity contribution >= 4 is 29.3 Å². The zero-order valence-corrected chi connectivity index (χ0v) is 16.0. The fourth-order valence-corrected chi connectivity index (χ4v) is 3.55. The fourth-order valence-electron chi connectivity index (χ4n) is 3.42. The lowest BCUT2D eigenvalue weighted by Gasteiger charge is -2.32. The number of carbonyl (C=O) groups excluding carboxylic acids is 2. The van der Waals surface area contributed by atoms with Crippen LogP contribution in [-0.2, 0) is 9.59 Å². The number of piperidine rings is 1. The summed E-state index contributed by atoms with van der Waals surface area (Å²) in [5, 5.41) is 9.90. The predicted octanol–water partition coefficient (Wildman–Crippen LogP) is 3.90. The van der Waals surface area contributed by atoms with Crippen molar-refractivity contribution in [3.63, 3.8) is 0 Å². The van der Waals surface area contributed by atoms with Crippen molar-refractivity contribution in [3.05, 3.63) is 34.9 Å². The summed E-state index contributed by atoms with van der Waals surface area (Å²) < 4.78 is 0. The van der Waals surface area contributed by atoms with Crippen LogP contribution in [0.15, 0.2) is 24.3 Å². The van der Waals surface area contributed by atoms with E-state index in [4.69, 9.17) is 11.6 Å². The van der Waals surface area contributed by atoms with E-state index in [9.17, 15) is 19.5 Å². The SMILES string of the molecule is CC(C)CC(CC(=O)N1CCC(C(=O)c2ccc(Cl)cc2)CC1)C(=O)O. The Hall–Kier alpha value is -1.88. The summed E-state index contributed by atoms with van der Waals surface area (Å²) in [6, 6.07) is 6.86. The highest BCUT2D eigenvalue weighted by molar-refractivity contribution is 6.30. The van der Waals surface area contributed by atoms with Gasteiger partial charge in [0.15, 0.2) is 5.78 Å². The molecule has 1 fully saturated rings. The molecule has 0 radical (unpaired) electrons. The first-order valence-electron chi connectivity index (χ1n) is 9.08. The highest BCUT2D eigenvalue weighted by Crippen LogP contribution is 2.24. The molecule has 1 saturated heterocycles. The van der Waals surface area contributed by atoms with Gasteiger partial charge in [0.25, 0.3) is 0 Å².